The molecule has 1 amide bonds. The molecule has 7 nitrogen and oxygen atoms in total. The summed E-state index contributed by atoms with van der Waals surface area (Å²) in [6.07, 6.45) is -7.22. The van der Waals surface area contributed by atoms with Gasteiger partial charge in [-0.05, 0) is 30.3 Å². The number of rotatable bonds is 6. The number of halogens is 6. The van der Waals surface area contributed by atoms with Crippen molar-refractivity contribution in [3.05, 3.63) is 60.7 Å². The van der Waals surface area contributed by atoms with Crippen molar-refractivity contribution < 1.29 is 35.9 Å². The average molecular weight is 445 g/mol. The van der Waals surface area contributed by atoms with Crippen molar-refractivity contribution in [2.24, 2.45) is 0 Å². The minimum Gasteiger partial charge on any atom is -0.404 e. The summed E-state index contributed by atoms with van der Waals surface area (Å²) in [6, 6.07) is 7.65. The first-order valence-corrected chi connectivity index (χ1v) is 8.48. The van der Waals surface area contributed by atoms with Gasteiger partial charge < -0.3 is 15.4 Å². The zero-order chi connectivity index (χ0) is 22.6. The fourth-order valence-electron chi connectivity index (χ4n) is 2.54. The molecule has 2 aromatic carbocycles. The number of nitrogens with one attached hydrogen (secondary N) is 2. The average Bonchev–Trinajstić information content (AvgIpc) is 3.20. The molecule has 1 heterocycles. The number of ether oxygens (including phenoxy) is 1. The van der Waals surface area contributed by atoms with Gasteiger partial charge in [-0.15, -0.1) is 13.2 Å². The Labute approximate surface area is 170 Å². The molecule has 2 N–H and O–H groups in total. The Bertz CT molecular complexity index is 1050. The summed E-state index contributed by atoms with van der Waals surface area (Å²) in [5.41, 5.74) is -1.24. The molecule has 0 spiro atoms. The highest BCUT2D eigenvalue weighted by Crippen LogP contribution is 2.33. The Hall–Kier alpha value is -3.77. The van der Waals surface area contributed by atoms with Crippen LogP contribution in [0.25, 0.3) is 5.69 Å². The van der Waals surface area contributed by atoms with Crippen molar-refractivity contribution in [2.45, 2.75) is 12.5 Å². The fourth-order valence-corrected chi connectivity index (χ4v) is 2.54. The lowest BCUT2D eigenvalue weighted by molar-refractivity contribution is -0.274. The van der Waals surface area contributed by atoms with Crippen LogP contribution in [0.15, 0.2) is 55.1 Å². The number of amides is 1. The monoisotopic (exact) mass is 445 g/mol. The molecule has 0 unspecified atom stereocenters. The summed E-state index contributed by atoms with van der Waals surface area (Å²) in [6.45, 7) is -0.550. The van der Waals surface area contributed by atoms with Gasteiger partial charge >= 0.3 is 12.5 Å². The highest BCUT2D eigenvalue weighted by molar-refractivity contribution is 5.95. The van der Waals surface area contributed by atoms with E-state index in [1.165, 1.54) is 24.5 Å². The van der Waals surface area contributed by atoms with E-state index in [0.717, 1.165) is 35.3 Å². The number of carbonyl (C=O) groups excluding carboxylic acids is 1. The van der Waals surface area contributed by atoms with Crippen LogP contribution in [0.3, 0.4) is 0 Å². The number of benzene rings is 2. The number of anilines is 2. The second-order valence-electron chi connectivity index (χ2n) is 6.02. The Morgan fingerprint density at radius 3 is 2.42 bits per heavy atom. The Kier molecular flexibility index (Phi) is 6.04. The third-order valence-corrected chi connectivity index (χ3v) is 3.82. The predicted octanol–water partition coefficient (Wildman–Crippen LogP) is 4.24. The van der Waals surface area contributed by atoms with Crippen molar-refractivity contribution in [3.63, 3.8) is 0 Å². The molecule has 13 heteroatoms. The van der Waals surface area contributed by atoms with Crippen LogP contribution in [0.1, 0.15) is 5.56 Å². The SMILES string of the molecule is O=C(CNc1ccccc1OC(F)(F)F)Nc1cc(C(F)(F)F)ccc1-n1cncn1. The van der Waals surface area contributed by atoms with Crippen molar-refractivity contribution in [1.29, 1.82) is 0 Å². The molecular weight excluding hydrogens is 432 g/mol. The van der Waals surface area contributed by atoms with E-state index in [1.54, 1.807) is 0 Å². The van der Waals surface area contributed by atoms with E-state index in [1.807, 2.05) is 0 Å². The quantitative estimate of drug-likeness (QED) is 0.555. The summed E-state index contributed by atoms with van der Waals surface area (Å²) in [4.78, 5) is 16.0. The van der Waals surface area contributed by atoms with Gasteiger partial charge in [0, 0.05) is 0 Å². The maximum atomic E-state index is 13.1. The van der Waals surface area contributed by atoms with E-state index >= 15 is 0 Å². The fraction of sp³-hybridized carbons (Fsp3) is 0.167. The summed E-state index contributed by atoms with van der Waals surface area (Å²) in [7, 11) is 0. The lowest BCUT2D eigenvalue weighted by Gasteiger charge is -2.16. The van der Waals surface area contributed by atoms with Crippen LogP contribution in [0.5, 0.6) is 5.75 Å². The first kappa shape index (κ1) is 21.9. The van der Waals surface area contributed by atoms with Gasteiger partial charge in [0.05, 0.1) is 29.2 Å². The Morgan fingerprint density at radius 1 is 1.03 bits per heavy atom. The molecule has 0 saturated heterocycles. The van der Waals surface area contributed by atoms with Crippen LogP contribution in [-0.4, -0.2) is 33.6 Å². The van der Waals surface area contributed by atoms with Gasteiger partial charge in [0.15, 0.2) is 5.75 Å². The third kappa shape index (κ3) is 5.87. The molecule has 0 aliphatic rings. The van der Waals surface area contributed by atoms with Crippen LogP contribution in [0.2, 0.25) is 0 Å². The summed E-state index contributed by atoms with van der Waals surface area (Å²) in [5, 5.41) is 8.58. The molecule has 3 aromatic rings. The number of hydrogen-bond donors (Lipinski definition) is 2. The topological polar surface area (TPSA) is 81.1 Å². The lowest BCUT2D eigenvalue weighted by Crippen LogP contribution is -2.24. The molecule has 0 radical (unpaired) electrons. The van der Waals surface area contributed by atoms with Crippen LogP contribution in [0, 0.1) is 0 Å². The normalized spacial score (nSPS) is 11.8. The molecular formula is C18H13F6N5O2. The molecule has 0 aliphatic carbocycles. The van der Waals surface area contributed by atoms with Crippen LogP contribution < -0.4 is 15.4 Å². The number of carbonyl (C=O) groups is 1. The largest absolute Gasteiger partial charge is 0.573 e. The first-order valence-electron chi connectivity index (χ1n) is 8.48. The molecule has 31 heavy (non-hydrogen) atoms. The van der Waals surface area contributed by atoms with Gasteiger partial charge in [-0.3, -0.25) is 4.79 Å². The van der Waals surface area contributed by atoms with Gasteiger partial charge in [-0.25, -0.2) is 9.67 Å². The first-order chi connectivity index (χ1) is 14.5. The van der Waals surface area contributed by atoms with Gasteiger partial charge in [0.2, 0.25) is 5.91 Å². The van der Waals surface area contributed by atoms with Crippen molar-refractivity contribution >= 4 is 17.3 Å². The molecule has 0 atom stereocenters. The van der Waals surface area contributed by atoms with Crippen LogP contribution in [-0.2, 0) is 11.0 Å². The zero-order valence-electron chi connectivity index (χ0n) is 15.3. The highest BCUT2D eigenvalue weighted by atomic mass is 19.4. The second-order valence-corrected chi connectivity index (χ2v) is 6.02. The molecule has 1 aromatic heterocycles. The van der Waals surface area contributed by atoms with E-state index < -0.39 is 36.3 Å². The summed E-state index contributed by atoms with van der Waals surface area (Å²) in [5.74, 6) is -1.38. The van der Waals surface area contributed by atoms with E-state index in [9.17, 15) is 31.1 Å². The minimum absolute atomic E-state index is 0.111. The van der Waals surface area contributed by atoms with Gasteiger partial charge in [0.1, 0.15) is 12.7 Å². The third-order valence-electron chi connectivity index (χ3n) is 3.82. The number of alkyl halides is 6. The maximum Gasteiger partial charge on any atom is 0.573 e. The van der Waals surface area contributed by atoms with Crippen molar-refractivity contribution in [2.75, 3.05) is 17.2 Å². The number of nitrogens with zero attached hydrogens (tertiary/aromatic N) is 3. The van der Waals surface area contributed by atoms with E-state index in [0.29, 0.717) is 0 Å². The standard InChI is InChI=1S/C18H13F6N5O2/c19-17(20,21)11-5-6-14(29-10-25-9-27-29)13(7-11)28-16(30)8-26-12-3-1-2-4-15(12)31-18(22,23)24/h1-7,9-10,26H,8H2,(H,28,30). The molecule has 164 valence electrons. The Morgan fingerprint density at radius 2 is 1.77 bits per heavy atom. The molecule has 0 fully saturated rings. The predicted molar refractivity (Wildman–Crippen MR) is 96.6 cm³/mol. The minimum atomic E-state index is -4.94. The van der Waals surface area contributed by atoms with Gasteiger partial charge in [-0.2, -0.15) is 18.3 Å². The van der Waals surface area contributed by atoms with Crippen molar-refractivity contribution in [3.8, 4) is 11.4 Å². The molecule has 3 rings (SSSR count). The molecule has 0 saturated carbocycles. The summed E-state index contributed by atoms with van der Waals surface area (Å²) < 4.78 is 81.7. The number of para-hydroxylation sites is 2. The van der Waals surface area contributed by atoms with Crippen LogP contribution >= 0.6 is 0 Å². The maximum absolute atomic E-state index is 13.1. The molecule has 0 bridgehead atoms. The second kappa shape index (κ2) is 8.53. The van der Waals surface area contributed by atoms with Gasteiger partial charge in [-0.1, -0.05) is 12.1 Å². The smallest absolute Gasteiger partial charge is 0.404 e. The Balaban J connectivity index is 1.78. The van der Waals surface area contributed by atoms with Gasteiger partial charge in [0.25, 0.3) is 0 Å². The lowest BCUT2D eigenvalue weighted by atomic mass is 10.1. The summed E-state index contributed by atoms with van der Waals surface area (Å²) >= 11 is 0. The number of hydrogen-bond acceptors (Lipinski definition) is 5. The van der Waals surface area contributed by atoms with E-state index in [-0.39, 0.29) is 17.1 Å². The van der Waals surface area contributed by atoms with Crippen LogP contribution in [0.4, 0.5) is 37.7 Å². The highest BCUT2D eigenvalue weighted by Gasteiger charge is 2.32. The molecule has 0 aliphatic heterocycles. The van der Waals surface area contributed by atoms with E-state index in [4.69, 9.17) is 0 Å². The zero-order valence-corrected chi connectivity index (χ0v) is 15.3. The van der Waals surface area contributed by atoms with E-state index in [2.05, 4.69) is 25.5 Å². The van der Waals surface area contributed by atoms with Crippen molar-refractivity contribution in [1.82, 2.24) is 14.8 Å². The number of aromatic nitrogens is 3.